The first-order chi connectivity index (χ1) is 10.5. The Morgan fingerprint density at radius 2 is 2.09 bits per heavy atom. The topological polar surface area (TPSA) is 47.3 Å². The Kier molecular flexibility index (Phi) is 5.43. The van der Waals surface area contributed by atoms with Gasteiger partial charge < -0.3 is 14.5 Å². The molecule has 120 valence electrons. The molecule has 0 saturated heterocycles. The third kappa shape index (κ3) is 5.40. The second-order valence-corrected chi connectivity index (χ2v) is 4.77. The number of hydrogen-bond donors (Lipinski definition) is 1. The van der Waals surface area contributed by atoms with Gasteiger partial charge in [-0.2, -0.15) is 0 Å². The van der Waals surface area contributed by atoms with Gasteiger partial charge in [-0.3, -0.25) is 0 Å². The van der Waals surface area contributed by atoms with Crippen LogP contribution in [0.1, 0.15) is 30.6 Å². The van der Waals surface area contributed by atoms with Gasteiger partial charge in [-0.15, -0.1) is 13.2 Å². The molecule has 1 N–H and O–H groups in total. The normalized spacial score (nSPS) is 11.6. The molecule has 7 heteroatoms. The van der Waals surface area contributed by atoms with Gasteiger partial charge in [0.15, 0.2) is 5.89 Å². The van der Waals surface area contributed by atoms with Crippen molar-refractivity contribution in [3.8, 4) is 5.75 Å². The Balaban J connectivity index is 1.84. The zero-order chi connectivity index (χ0) is 16.0. The van der Waals surface area contributed by atoms with E-state index in [1.165, 1.54) is 18.2 Å². The minimum atomic E-state index is -4.68. The highest BCUT2D eigenvalue weighted by Crippen LogP contribution is 2.23. The molecule has 0 atom stereocenters. The zero-order valence-electron chi connectivity index (χ0n) is 12.1. The predicted molar refractivity (Wildman–Crippen MR) is 74.2 cm³/mol. The minimum absolute atomic E-state index is 0.225. The molecule has 2 rings (SSSR count). The van der Waals surface area contributed by atoms with Crippen molar-refractivity contribution >= 4 is 0 Å². The van der Waals surface area contributed by atoms with Gasteiger partial charge in [0.25, 0.3) is 0 Å². The number of nitrogens with zero attached hydrogens (tertiary/aromatic N) is 1. The fourth-order valence-electron chi connectivity index (χ4n) is 1.94. The Hall–Kier alpha value is -2.02. The number of benzene rings is 1. The fourth-order valence-corrected chi connectivity index (χ4v) is 1.94. The lowest BCUT2D eigenvalue weighted by Crippen LogP contribution is -2.17. The van der Waals surface area contributed by atoms with Gasteiger partial charge in [0.05, 0.1) is 12.7 Å². The second-order valence-electron chi connectivity index (χ2n) is 4.77. The monoisotopic (exact) mass is 314 g/mol. The molecule has 0 fully saturated rings. The number of oxazole rings is 1. The van der Waals surface area contributed by atoms with Crippen LogP contribution in [0.3, 0.4) is 0 Å². The Morgan fingerprint density at radius 1 is 1.27 bits per heavy atom. The summed E-state index contributed by atoms with van der Waals surface area (Å²) >= 11 is 0. The molecular formula is C15H17F3N2O2. The number of hydrogen-bond acceptors (Lipinski definition) is 4. The van der Waals surface area contributed by atoms with Crippen LogP contribution in [-0.2, 0) is 19.5 Å². The Labute approximate surface area is 126 Å². The largest absolute Gasteiger partial charge is 0.573 e. The van der Waals surface area contributed by atoms with Crippen LogP contribution in [0.4, 0.5) is 13.2 Å². The van der Waals surface area contributed by atoms with E-state index in [0.717, 1.165) is 12.8 Å². The van der Waals surface area contributed by atoms with Gasteiger partial charge in [0, 0.05) is 13.0 Å². The van der Waals surface area contributed by atoms with Gasteiger partial charge in [0.2, 0.25) is 0 Å². The molecule has 22 heavy (non-hydrogen) atoms. The van der Waals surface area contributed by atoms with E-state index in [1.807, 2.05) is 6.92 Å². The number of halogens is 3. The van der Waals surface area contributed by atoms with Crippen molar-refractivity contribution < 1.29 is 22.3 Å². The molecule has 0 saturated carbocycles. The van der Waals surface area contributed by atoms with Gasteiger partial charge in [0.1, 0.15) is 11.5 Å². The smallest absolute Gasteiger partial charge is 0.444 e. The van der Waals surface area contributed by atoms with Gasteiger partial charge in [-0.1, -0.05) is 19.1 Å². The van der Waals surface area contributed by atoms with Crippen LogP contribution in [0.2, 0.25) is 0 Å². The lowest BCUT2D eigenvalue weighted by molar-refractivity contribution is -0.274. The van der Waals surface area contributed by atoms with Crippen LogP contribution < -0.4 is 10.1 Å². The van der Waals surface area contributed by atoms with Crippen molar-refractivity contribution in [1.82, 2.24) is 10.3 Å². The number of ether oxygens (including phenoxy) is 1. The van der Waals surface area contributed by atoms with Crippen molar-refractivity contribution in [2.24, 2.45) is 0 Å². The third-order valence-electron chi connectivity index (χ3n) is 2.83. The summed E-state index contributed by atoms with van der Waals surface area (Å²) in [5.41, 5.74) is 0.690. The van der Waals surface area contributed by atoms with Gasteiger partial charge in [-0.25, -0.2) is 4.98 Å². The molecule has 1 aromatic heterocycles. The molecule has 0 aliphatic carbocycles. The highest BCUT2D eigenvalue weighted by atomic mass is 19.4. The van der Waals surface area contributed by atoms with E-state index in [0.29, 0.717) is 30.3 Å². The van der Waals surface area contributed by atoms with Gasteiger partial charge in [-0.05, 0) is 24.1 Å². The van der Waals surface area contributed by atoms with E-state index in [1.54, 1.807) is 12.3 Å². The second kappa shape index (κ2) is 7.31. The van der Waals surface area contributed by atoms with Crippen molar-refractivity contribution in [3.05, 3.63) is 47.7 Å². The van der Waals surface area contributed by atoms with Crippen LogP contribution in [-0.4, -0.2) is 11.3 Å². The maximum Gasteiger partial charge on any atom is 0.573 e. The number of rotatable bonds is 7. The van der Waals surface area contributed by atoms with Crippen LogP contribution in [0.25, 0.3) is 0 Å². The fraction of sp³-hybridized carbons (Fsp3) is 0.400. The molecule has 0 bridgehead atoms. The van der Waals surface area contributed by atoms with E-state index in [-0.39, 0.29) is 5.75 Å². The number of alkyl halides is 3. The molecule has 0 unspecified atom stereocenters. The average Bonchev–Trinajstić information content (AvgIpc) is 2.85. The summed E-state index contributed by atoms with van der Waals surface area (Å²) < 4.78 is 45.8. The van der Waals surface area contributed by atoms with Crippen LogP contribution in [0.15, 0.2) is 34.9 Å². The first kappa shape index (κ1) is 16.4. The average molecular weight is 314 g/mol. The molecule has 0 spiro atoms. The molecule has 0 aliphatic rings. The number of nitrogens with one attached hydrogen (secondary N) is 1. The van der Waals surface area contributed by atoms with Crippen molar-refractivity contribution in [1.29, 1.82) is 0 Å². The van der Waals surface area contributed by atoms with Crippen molar-refractivity contribution in [3.63, 3.8) is 0 Å². The Bertz CT molecular complexity index is 596. The first-order valence-corrected chi connectivity index (χ1v) is 6.95. The summed E-state index contributed by atoms with van der Waals surface area (Å²) in [5, 5.41) is 3.09. The molecular weight excluding hydrogens is 297 g/mol. The standard InChI is InChI=1S/C15H17F3N2O2/c1-2-4-14-20-10-13(21-14)9-19-8-11-5-3-6-12(7-11)22-15(16,17)18/h3,5-7,10,19H,2,4,8-9H2,1H3. The van der Waals surface area contributed by atoms with Crippen molar-refractivity contribution in [2.75, 3.05) is 0 Å². The SMILES string of the molecule is CCCc1ncc(CNCc2cccc(OC(F)(F)F)c2)o1. The molecule has 1 aromatic carbocycles. The van der Waals surface area contributed by atoms with Crippen LogP contribution >= 0.6 is 0 Å². The maximum absolute atomic E-state index is 12.2. The minimum Gasteiger partial charge on any atom is -0.444 e. The van der Waals surface area contributed by atoms with Crippen molar-refractivity contribution in [2.45, 2.75) is 39.2 Å². The summed E-state index contributed by atoms with van der Waals surface area (Å²) in [6.45, 7) is 2.90. The first-order valence-electron chi connectivity index (χ1n) is 6.95. The molecule has 1 heterocycles. The summed E-state index contributed by atoms with van der Waals surface area (Å²) in [6.07, 6.45) is -1.28. The van der Waals surface area contributed by atoms with E-state index in [9.17, 15) is 13.2 Å². The maximum atomic E-state index is 12.2. The van der Waals surface area contributed by atoms with E-state index < -0.39 is 6.36 Å². The van der Waals surface area contributed by atoms with Crippen LogP contribution in [0.5, 0.6) is 5.75 Å². The third-order valence-corrected chi connectivity index (χ3v) is 2.83. The molecule has 0 radical (unpaired) electrons. The highest BCUT2D eigenvalue weighted by molar-refractivity contribution is 5.28. The zero-order valence-corrected chi connectivity index (χ0v) is 12.1. The van der Waals surface area contributed by atoms with Gasteiger partial charge >= 0.3 is 6.36 Å². The summed E-state index contributed by atoms with van der Waals surface area (Å²) in [4.78, 5) is 4.13. The lowest BCUT2D eigenvalue weighted by atomic mass is 10.2. The van der Waals surface area contributed by atoms with Crippen LogP contribution in [0, 0.1) is 0 Å². The summed E-state index contributed by atoms with van der Waals surface area (Å²) in [7, 11) is 0. The highest BCUT2D eigenvalue weighted by Gasteiger charge is 2.31. The van der Waals surface area contributed by atoms with E-state index in [2.05, 4.69) is 15.0 Å². The molecule has 2 aromatic rings. The lowest BCUT2D eigenvalue weighted by Gasteiger charge is -2.10. The molecule has 0 amide bonds. The number of aryl methyl sites for hydroxylation is 1. The quantitative estimate of drug-likeness (QED) is 0.844. The summed E-state index contributed by atoms with van der Waals surface area (Å²) in [5.74, 6) is 1.17. The summed E-state index contributed by atoms with van der Waals surface area (Å²) in [6, 6.07) is 5.86. The Morgan fingerprint density at radius 3 is 2.82 bits per heavy atom. The number of aromatic nitrogens is 1. The van der Waals surface area contributed by atoms with E-state index >= 15 is 0 Å². The predicted octanol–water partition coefficient (Wildman–Crippen LogP) is 3.82. The molecule has 4 nitrogen and oxygen atoms in total. The van der Waals surface area contributed by atoms with E-state index in [4.69, 9.17) is 4.42 Å². The molecule has 0 aliphatic heterocycles.